The molecule has 0 aliphatic carbocycles. The van der Waals surface area contributed by atoms with E-state index in [1.807, 2.05) is 36.4 Å². The molecule has 33 heavy (non-hydrogen) atoms. The van der Waals surface area contributed by atoms with Crippen LogP contribution in [0.5, 0.6) is 0 Å². The van der Waals surface area contributed by atoms with Gasteiger partial charge >= 0.3 is 0 Å². The molecule has 1 atom stereocenters. The van der Waals surface area contributed by atoms with Gasteiger partial charge in [-0.2, -0.15) is 0 Å². The monoisotopic (exact) mass is 446 g/mol. The third-order valence-electron chi connectivity index (χ3n) is 5.73. The van der Waals surface area contributed by atoms with Crippen molar-refractivity contribution < 1.29 is 9.13 Å². The molecule has 0 N–H and O–H groups in total. The average molecular weight is 447 g/mol. The molecule has 1 heterocycles. The van der Waals surface area contributed by atoms with Crippen LogP contribution in [-0.4, -0.2) is 22.7 Å². The molecule has 2 aromatic carbocycles. The predicted octanol–water partition coefficient (Wildman–Crippen LogP) is 7.94. The van der Waals surface area contributed by atoms with Crippen LogP contribution in [0.15, 0.2) is 61.3 Å². The van der Waals surface area contributed by atoms with E-state index in [0.717, 1.165) is 60.1 Å². The number of rotatable bonds is 13. The summed E-state index contributed by atoms with van der Waals surface area (Å²) in [6.45, 7) is 8.91. The zero-order chi connectivity index (χ0) is 23.5. The van der Waals surface area contributed by atoms with Crippen molar-refractivity contribution in [2.24, 2.45) is 0 Å². The second-order valence-corrected chi connectivity index (χ2v) is 8.52. The van der Waals surface area contributed by atoms with E-state index in [2.05, 4.69) is 31.5 Å². The van der Waals surface area contributed by atoms with Crippen molar-refractivity contribution in [2.75, 3.05) is 6.61 Å². The number of allylic oxidation sites excluding steroid dienone is 2. The summed E-state index contributed by atoms with van der Waals surface area (Å²) in [4.78, 5) is 9.27. The van der Waals surface area contributed by atoms with Crippen LogP contribution in [0, 0.1) is 5.82 Å². The van der Waals surface area contributed by atoms with Crippen molar-refractivity contribution in [3.63, 3.8) is 0 Å². The number of unbranched alkanes of at least 4 members (excludes halogenated alkanes) is 3. The van der Waals surface area contributed by atoms with Crippen LogP contribution in [0.25, 0.3) is 28.2 Å². The van der Waals surface area contributed by atoms with Crippen molar-refractivity contribution >= 4 is 17.1 Å². The Kier molecular flexibility index (Phi) is 9.77. The number of ether oxygens (including phenoxy) is 1. The van der Waals surface area contributed by atoms with Gasteiger partial charge in [0, 0.05) is 6.61 Å². The average Bonchev–Trinajstić information content (AvgIpc) is 2.82. The van der Waals surface area contributed by atoms with Crippen LogP contribution < -0.4 is 0 Å². The Bertz CT molecular complexity index is 1080. The summed E-state index contributed by atoms with van der Waals surface area (Å²) in [6, 6.07) is 11.2. The Morgan fingerprint density at radius 1 is 1.06 bits per heavy atom. The van der Waals surface area contributed by atoms with Crippen LogP contribution >= 0.6 is 0 Å². The standard InChI is InChI=1S/C29H35FN2O/c1-4-6-10-18-33-22(3)12-8-7-9-13-26-21-31-29-20-25(16-17-28(29)32-26)24-15-14-23(11-5-2)27(30)19-24/h5,9,13-17,19-22H,2,4,6-8,10-12,18H2,1,3H3. The lowest BCUT2D eigenvalue weighted by Gasteiger charge is -2.11. The summed E-state index contributed by atoms with van der Waals surface area (Å²) < 4.78 is 20.2. The Morgan fingerprint density at radius 2 is 1.88 bits per heavy atom. The Morgan fingerprint density at radius 3 is 2.67 bits per heavy atom. The van der Waals surface area contributed by atoms with Gasteiger partial charge in [-0.3, -0.25) is 4.98 Å². The largest absolute Gasteiger partial charge is 0.379 e. The van der Waals surface area contributed by atoms with E-state index in [1.54, 1.807) is 18.3 Å². The summed E-state index contributed by atoms with van der Waals surface area (Å²) in [6.07, 6.45) is 15.3. The molecule has 3 rings (SSSR count). The molecule has 0 bridgehead atoms. The minimum absolute atomic E-state index is 0.212. The highest BCUT2D eigenvalue weighted by atomic mass is 19.1. The van der Waals surface area contributed by atoms with Crippen molar-refractivity contribution in [1.29, 1.82) is 0 Å². The third kappa shape index (κ3) is 7.61. The maximum atomic E-state index is 14.3. The first-order valence-electron chi connectivity index (χ1n) is 12.1. The van der Waals surface area contributed by atoms with Crippen molar-refractivity contribution in [2.45, 2.75) is 64.9 Å². The molecule has 3 nitrogen and oxygen atoms in total. The maximum Gasteiger partial charge on any atom is 0.127 e. The SMILES string of the molecule is C=CCc1ccc(-c2ccc3nc(C=CCCCC(C)OCCCCC)cnc3c2)cc1F. The summed E-state index contributed by atoms with van der Waals surface area (Å²) in [5, 5.41) is 0. The van der Waals surface area contributed by atoms with Gasteiger partial charge in [-0.15, -0.1) is 6.58 Å². The highest BCUT2D eigenvalue weighted by Gasteiger charge is 2.07. The fourth-order valence-corrected chi connectivity index (χ4v) is 3.78. The highest BCUT2D eigenvalue weighted by molar-refractivity contribution is 5.81. The molecule has 174 valence electrons. The van der Waals surface area contributed by atoms with Gasteiger partial charge in [0.25, 0.3) is 0 Å². The van der Waals surface area contributed by atoms with E-state index in [-0.39, 0.29) is 5.82 Å². The minimum atomic E-state index is -0.212. The lowest BCUT2D eigenvalue weighted by Crippen LogP contribution is -2.08. The van der Waals surface area contributed by atoms with Crippen LogP contribution in [-0.2, 0) is 11.2 Å². The smallest absolute Gasteiger partial charge is 0.127 e. The van der Waals surface area contributed by atoms with Gasteiger partial charge in [-0.25, -0.2) is 9.37 Å². The molecule has 0 radical (unpaired) electrons. The van der Waals surface area contributed by atoms with Gasteiger partial charge < -0.3 is 4.74 Å². The number of hydrogen-bond donors (Lipinski definition) is 0. The van der Waals surface area contributed by atoms with Gasteiger partial charge in [0.2, 0.25) is 0 Å². The number of hydrogen-bond acceptors (Lipinski definition) is 3. The quantitative estimate of drug-likeness (QED) is 0.197. The lowest BCUT2D eigenvalue weighted by molar-refractivity contribution is 0.0566. The highest BCUT2D eigenvalue weighted by Crippen LogP contribution is 2.25. The topological polar surface area (TPSA) is 35.0 Å². The molecule has 4 heteroatoms. The Hall–Kier alpha value is -2.85. The molecular weight excluding hydrogens is 411 g/mol. The minimum Gasteiger partial charge on any atom is -0.379 e. The number of halogens is 1. The van der Waals surface area contributed by atoms with E-state index in [0.29, 0.717) is 18.1 Å². The van der Waals surface area contributed by atoms with E-state index in [1.165, 1.54) is 12.8 Å². The van der Waals surface area contributed by atoms with Crippen molar-refractivity contribution in [1.82, 2.24) is 9.97 Å². The van der Waals surface area contributed by atoms with Crippen LogP contribution in [0.1, 0.15) is 63.6 Å². The van der Waals surface area contributed by atoms with Crippen LogP contribution in [0.3, 0.4) is 0 Å². The van der Waals surface area contributed by atoms with E-state index >= 15 is 0 Å². The fraction of sp³-hybridized carbons (Fsp3) is 0.379. The number of benzene rings is 2. The second-order valence-electron chi connectivity index (χ2n) is 8.52. The number of aromatic nitrogens is 2. The Labute approximate surface area is 197 Å². The van der Waals surface area contributed by atoms with Crippen LogP contribution in [0.4, 0.5) is 4.39 Å². The molecule has 3 aromatic rings. The molecule has 0 aliphatic heterocycles. The van der Waals surface area contributed by atoms with Gasteiger partial charge in [-0.1, -0.05) is 50.1 Å². The van der Waals surface area contributed by atoms with Crippen molar-refractivity contribution in [3.05, 3.63) is 78.4 Å². The van der Waals surface area contributed by atoms with E-state index in [4.69, 9.17) is 9.72 Å². The first-order chi connectivity index (χ1) is 16.1. The second kappa shape index (κ2) is 13.0. The maximum absolute atomic E-state index is 14.3. The van der Waals surface area contributed by atoms with Gasteiger partial charge in [0.15, 0.2) is 0 Å². The molecule has 1 unspecified atom stereocenters. The summed E-state index contributed by atoms with van der Waals surface area (Å²) in [7, 11) is 0. The van der Waals surface area contributed by atoms with Crippen LogP contribution in [0.2, 0.25) is 0 Å². The molecule has 0 fully saturated rings. The van der Waals surface area contributed by atoms with E-state index < -0.39 is 0 Å². The van der Waals surface area contributed by atoms with Crippen molar-refractivity contribution in [3.8, 4) is 11.1 Å². The number of nitrogens with zero attached hydrogens (tertiary/aromatic N) is 2. The molecule has 0 saturated heterocycles. The molecule has 0 spiro atoms. The molecule has 0 saturated carbocycles. The van der Waals surface area contributed by atoms with Gasteiger partial charge in [0.05, 0.1) is 29.0 Å². The van der Waals surface area contributed by atoms with E-state index in [9.17, 15) is 4.39 Å². The van der Waals surface area contributed by atoms with Gasteiger partial charge in [0.1, 0.15) is 5.82 Å². The van der Waals surface area contributed by atoms with Gasteiger partial charge in [-0.05, 0) is 80.0 Å². The first-order valence-corrected chi connectivity index (χ1v) is 12.1. The molecule has 1 aromatic heterocycles. The predicted molar refractivity (Wildman–Crippen MR) is 137 cm³/mol. The summed E-state index contributed by atoms with van der Waals surface area (Å²) >= 11 is 0. The normalized spacial score (nSPS) is 12.5. The molecule has 0 amide bonds. The zero-order valence-corrected chi connectivity index (χ0v) is 19.9. The molecule has 0 aliphatic rings. The fourth-order valence-electron chi connectivity index (χ4n) is 3.78. The first kappa shape index (κ1) is 24.8. The number of fused-ring (bicyclic) bond motifs is 1. The summed E-state index contributed by atoms with van der Waals surface area (Å²) in [5.74, 6) is -0.212. The zero-order valence-electron chi connectivity index (χ0n) is 19.9. The lowest BCUT2D eigenvalue weighted by atomic mass is 10.0. The summed E-state index contributed by atoms with van der Waals surface area (Å²) in [5.41, 5.74) is 4.89. The Balaban J connectivity index is 1.55. The third-order valence-corrected chi connectivity index (χ3v) is 5.73. The molecular formula is C29H35FN2O.